The molecule has 0 saturated heterocycles. The molecule has 8 heteroatoms. The van der Waals surface area contributed by atoms with Crippen LogP contribution >= 0.6 is 0 Å². The molecule has 31 heavy (non-hydrogen) atoms. The second-order valence-corrected chi connectivity index (χ2v) is 8.30. The Morgan fingerprint density at radius 3 is 2.45 bits per heavy atom. The molecule has 166 valence electrons. The molecule has 0 fully saturated rings. The normalized spacial score (nSPS) is 16.3. The van der Waals surface area contributed by atoms with Gasteiger partial charge in [0.2, 0.25) is 5.95 Å². The van der Waals surface area contributed by atoms with Crippen molar-refractivity contribution in [1.29, 1.82) is 0 Å². The van der Waals surface area contributed by atoms with Crippen molar-refractivity contribution in [2.75, 3.05) is 5.32 Å². The summed E-state index contributed by atoms with van der Waals surface area (Å²) >= 11 is 0. The number of anilines is 2. The molecule has 3 rings (SSSR count). The first-order valence-electron chi connectivity index (χ1n) is 10.5. The van der Waals surface area contributed by atoms with Crippen molar-refractivity contribution < 1.29 is 9.13 Å². The molecule has 1 N–H and O–H groups in total. The molecule has 1 heterocycles. The minimum Gasteiger partial charge on any atom is -0.491 e. The Labute approximate surface area is 180 Å². The van der Waals surface area contributed by atoms with Crippen LogP contribution in [0.5, 0.6) is 5.75 Å². The van der Waals surface area contributed by atoms with Crippen LogP contribution in [0, 0.1) is 5.92 Å². The van der Waals surface area contributed by atoms with Crippen molar-refractivity contribution in [3.05, 3.63) is 68.8 Å². The van der Waals surface area contributed by atoms with Crippen molar-refractivity contribution in [1.82, 2.24) is 14.1 Å². The van der Waals surface area contributed by atoms with Crippen LogP contribution in [0.25, 0.3) is 0 Å². The van der Waals surface area contributed by atoms with Gasteiger partial charge in [0.15, 0.2) is 0 Å². The highest BCUT2D eigenvalue weighted by molar-refractivity contribution is 5.54. The third-order valence-electron chi connectivity index (χ3n) is 5.00. The van der Waals surface area contributed by atoms with E-state index >= 15 is 0 Å². The fourth-order valence-electron chi connectivity index (χ4n) is 3.42. The summed E-state index contributed by atoms with van der Waals surface area (Å²) in [5.74, 6) is 0.431. The van der Waals surface area contributed by atoms with Crippen LogP contribution in [-0.4, -0.2) is 20.2 Å². The van der Waals surface area contributed by atoms with E-state index in [-0.39, 0.29) is 42.8 Å². The number of benzene rings is 1. The molecule has 1 aromatic heterocycles. The van der Waals surface area contributed by atoms with Crippen LogP contribution in [0.15, 0.2) is 57.4 Å². The van der Waals surface area contributed by atoms with Gasteiger partial charge in [-0.05, 0) is 64.5 Å². The predicted molar refractivity (Wildman–Crippen MR) is 120 cm³/mol. The maximum absolute atomic E-state index is 14.1. The fraction of sp³-hybridized carbons (Fsp3) is 0.435. The highest BCUT2D eigenvalue weighted by Crippen LogP contribution is 2.26. The number of allylic oxidation sites excluding steroid dienone is 4. The Hall–Kier alpha value is -3.16. The molecule has 0 radical (unpaired) electrons. The number of ether oxygens (including phenoxy) is 1. The first kappa shape index (κ1) is 22.5. The number of hydrogen-bond acceptors (Lipinski definition) is 5. The zero-order chi connectivity index (χ0) is 22.7. The van der Waals surface area contributed by atoms with E-state index in [4.69, 9.17) is 4.74 Å². The van der Waals surface area contributed by atoms with Gasteiger partial charge in [-0.1, -0.05) is 12.2 Å². The molecule has 7 nitrogen and oxygen atoms in total. The first-order chi connectivity index (χ1) is 14.7. The van der Waals surface area contributed by atoms with E-state index in [0.29, 0.717) is 17.0 Å². The van der Waals surface area contributed by atoms with Gasteiger partial charge < -0.3 is 10.1 Å². The molecule has 0 saturated carbocycles. The second kappa shape index (κ2) is 9.32. The van der Waals surface area contributed by atoms with E-state index in [2.05, 4.69) is 10.3 Å². The maximum Gasteiger partial charge on any atom is 0.355 e. The number of hydrogen-bond donors (Lipinski definition) is 1. The SMILES string of the molecule is CC1=C(F)CC(Cn2c(Nc3ccc(OC(C)C)cc3)nc(=O)n(C(C)C)c2=O)C=C1. The molecule has 2 aromatic rings. The van der Waals surface area contributed by atoms with Crippen LogP contribution in [0.1, 0.15) is 47.1 Å². The lowest BCUT2D eigenvalue weighted by Crippen LogP contribution is -2.44. The molecule has 0 amide bonds. The third-order valence-corrected chi connectivity index (χ3v) is 5.00. The highest BCUT2D eigenvalue weighted by atomic mass is 19.1. The van der Waals surface area contributed by atoms with Gasteiger partial charge in [0.05, 0.1) is 6.10 Å². The quantitative estimate of drug-likeness (QED) is 0.710. The Bertz CT molecular complexity index is 1110. The second-order valence-electron chi connectivity index (χ2n) is 8.30. The summed E-state index contributed by atoms with van der Waals surface area (Å²) in [4.78, 5) is 29.8. The number of nitrogens with one attached hydrogen (secondary N) is 1. The Morgan fingerprint density at radius 2 is 1.87 bits per heavy atom. The predicted octanol–water partition coefficient (Wildman–Crippen LogP) is 4.34. The number of aromatic nitrogens is 3. The van der Waals surface area contributed by atoms with Crippen molar-refractivity contribution in [3.63, 3.8) is 0 Å². The summed E-state index contributed by atoms with van der Waals surface area (Å²) in [5, 5.41) is 3.06. The van der Waals surface area contributed by atoms with Gasteiger partial charge in [-0.15, -0.1) is 0 Å². The van der Waals surface area contributed by atoms with E-state index < -0.39 is 11.4 Å². The summed E-state index contributed by atoms with van der Waals surface area (Å²) < 4.78 is 22.3. The zero-order valence-electron chi connectivity index (χ0n) is 18.6. The minimum absolute atomic E-state index is 0.0518. The molecule has 1 aliphatic carbocycles. The molecule has 0 spiro atoms. The number of halogens is 1. The van der Waals surface area contributed by atoms with E-state index in [1.165, 1.54) is 4.57 Å². The summed E-state index contributed by atoms with van der Waals surface area (Å²) in [5.41, 5.74) is 0.146. The van der Waals surface area contributed by atoms with Crippen molar-refractivity contribution in [2.24, 2.45) is 5.92 Å². The Balaban J connectivity index is 1.96. The molecule has 0 aliphatic heterocycles. The molecule has 1 unspecified atom stereocenters. The fourth-order valence-corrected chi connectivity index (χ4v) is 3.42. The van der Waals surface area contributed by atoms with Crippen LogP contribution in [0.4, 0.5) is 16.0 Å². The van der Waals surface area contributed by atoms with E-state index in [9.17, 15) is 14.0 Å². The van der Waals surface area contributed by atoms with Crippen LogP contribution in [-0.2, 0) is 6.54 Å². The Morgan fingerprint density at radius 1 is 1.19 bits per heavy atom. The Kier molecular flexibility index (Phi) is 6.77. The summed E-state index contributed by atoms with van der Waals surface area (Å²) in [6, 6.07) is 6.82. The average molecular weight is 429 g/mol. The highest BCUT2D eigenvalue weighted by Gasteiger charge is 2.21. The molecule has 1 aliphatic rings. The first-order valence-corrected chi connectivity index (χ1v) is 10.5. The van der Waals surface area contributed by atoms with Crippen molar-refractivity contribution in [2.45, 2.75) is 59.7 Å². The topological polar surface area (TPSA) is 78.2 Å². The number of rotatable bonds is 7. The maximum atomic E-state index is 14.1. The zero-order valence-corrected chi connectivity index (χ0v) is 18.6. The summed E-state index contributed by atoms with van der Waals surface area (Å²) in [6.45, 7) is 9.31. The smallest absolute Gasteiger partial charge is 0.355 e. The van der Waals surface area contributed by atoms with Gasteiger partial charge in [0, 0.05) is 30.6 Å². The van der Waals surface area contributed by atoms with Gasteiger partial charge in [-0.2, -0.15) is 4.98 Å². The number of nitrogens with zero attached hydrogens (tertiary/aromatic N) is 3. The van der Waals surface area contributed by atoms with Gasteiger partial charge >= 0.3 is 11.4 Å². The van der Waals surface area contributed by atoms with Crippen LogP contribution in [0.3, 0.4) is 0 Å². The third kappa shape index (κ3) is 5.31. The van der Waals surface area contributed by atoms with E-state index in [1.807, 2.05) is 19.9 Å². The lowest BCUT2D eigenvalue weighted by molar-refractivity contribution is 0.242. The van der Waals surface area contributed by atoms with Crippen molar-refractivity contribution >= 4 is 11.6 Å². The molecule has 0 bridgehead atoms. The van der Waals surface area contributed by atoms with Gasteiger partial charge in [-0.3, -0.25) is 4.57 Å². The van der Waals surface area contributed by atoms with E-state index in [0.717, 1.165) is 4.57 Å². The molecular formula is C23H29FN4O3. The standard InChI is InChI=1S/C23H29FN4O3/c1-14(2)28-22(29)26-21(25-18-8-10-19(11-9-18)31-15(3)4)27(23(28)30)13-17-7-6-16(5)20(24)12-17/h6-11,14-15,17H,12-13H2,1-5H3,(H,25,26,29). The van der Waals surface area contributed by atoms with Crippen LogP contribution < -0.4 is 21.4 Å². The van der Waals surface area contributed by atoms with Crippen molar-refractivity contribution in [3.8, 4) is 5.75 Å². The largest absolute Gasteiger partial charge is 0.491 e. The summed E-state index contributed by atoms with van der Waals surface area (Å²) in [7, 11) is 0. The van der Waals surface area contributed by atoms with Gasteiger partial charge in [0.1, 0.15) is 11.6 Å². The molecule has 1 aromatic carbocycles. The van der Waals surface area contributed by atoms with E-state index in [1.54, 1.807) is 51.1 Å². The lowest BCUT2D eigenvalue weighted by atomic mass is 9.96. The molecule has 1 atom stereocenters. The average Bonchev–Trinajstić information content (AvgIpc) is 2.68. The van der Waals surface area contributed by atoms with Crippen LogP contribution in [0.2, 0.25) is 0 Å². The lowest BCUT2D eigenvalue weighted by Gasteiger charge is -2.21. The monoisotopic (exact) mass is 428 g/mol. The minimum atomic E-state index is -0.625. The molecular weight excluding hydrogens is 399 g/mol. The van der Waals surface area contributed by atoms with Gasteiger partial charge in [0.25, 0.3) is 0 Å². The van der Waals surface area contributed by atoms with Gasteiger partial charge in [-0.25, -0.2) is 18.5 Å². The summed E-state index contributed by atoms with van der Waals surface area (Å²) in [6.07, 6.45) is 3.87.